The maximum absolute atomic E-state index is 11.6. The summed E-state index contributed by atoms with van der Waals surface area (Å²) in [4.78, 5) is 13.6. The van der Waals surface area contributed by atoms with Gasteiger partial charge < -0.3 is 10.2 Å². The quantitative estimate of drug-likeness (QED) is 0.859. The van der Waals surface area contributed by atoms with Crippen molar-refractivity contribution in [1.29, 1.82) is 0 Å². The van der Waals surface area contributed by atoms with Gasteiger partial charge in [0.05, 0.1) is 0 Å². The van der Waals surface area contributed by atoms with Gasteiger partial charge in [0.15, 0.2) is 0 Å². The predicted molar refractivity (Wildman–Crippen MR) is 68.8 cm³/mol. The van der Waals surface area contributed by atoms with E-state index in [0.717, 1.165) is 19.5 Å². The third-order valence-electron chi connectivity index (χ3n) is 3.37. The number of likely N-dealkylation sites (tertiary alicyclic amines) is 1. The number of carbonyl (C=O) groups is 1. The van der Waals surface area contributed by atoms with Crippen molar-refractivity contribution in [3.63, 3.8) is 0 Å². The van der Waals surface area contributed by atoms with Crippen LogP contribution >= 0.6 is 0 Å². The van der Waals surface area contributed by atoms with E-state index in [-0.39, 0.29) is 11.9 Å². The van der Waals surface area contributed by atoms with Crippen molar-refractivity contribution in [3.05, 3.63) is 35.4 Å². The highest BCUT2D eigenvalue weighted by molar-refractivity contribution is 5.78. The maximum atomic E-state index is 11.6. The minimum absolute atomic E-state index is 0.233. The van der Waals surface area contributed by atoms with Crippen molar-refractivity contribution in [2.24, 2.45) is 0 Å². The van der Waals surface area contributed by atoms with Gasteiger partial charge in [0.25, 0.3) is 0 Å². The smallest absolute Gasteiger partial charge is 0.222 e. The van der Waals surface area contributed by atoms with Crippen LogP contribution in [0.2, 0.25) is 0 Å². The van der Waals surface area contributed by atoms with Gasteiger partial charge in [0.2, 0.25) is 5.91 Å². The van der Waals surface area contributed by atoms with Crippen LogP contribution in [0.4, 0.5) is 0 Å². The summed E-state index contributed by atoms with van der Waals surface area (Å²) in [5.41, 5.74) is 2.52. The molecule has 1 aromatic carbocycles. The van der Waals surface area contributed by atoms with Crippen molar-refractivity contribution < 1.29 is 4.79 Å². The van der Waals surface area contributed by atoms with Gasteiger partial charge in [-0.05, 0) is 26.0 Å². The van der Waals surface area contributed by atoms with Crippen LogP contribution in [0, 0.1) is 6.92 Å². The fraction of sp³-hybridized carbons (Fsp3) is 0.500. The number of benzene rings is 1. The molecule has 0 bridgehead atoms. The van der Waals surface area contributed by atoms with Crippen LogP contribution in [0.1, 0.15) is 30.0 Å². The van der Waals surface area contributed by atoms with Gasteiger partial charge in [-0.15, -0.1) is 0 Å². The summed E-state index contributed by atoms with van der Waals surface area (Å²) < 4.78 is 0. The molecule has 1 fully saturated rings. The molecule has 1 saturated heterocycles. The molecule has 17 heavy (non-hydrogen) atoms. The number of rotatable bonds is 4. The lowest BCUT2D eigenvalue weighted by Gasteiger charge is -2.24. The van der Waals surface area contributed by atoms with Gasteiger partial charge in [-0.1, -0.05) is 29.8 Å². The lowest BCUT2D eigenvalue weighted by atomic mass is 10.0. The van der Waals surface area contributed by atoms with Gasteiger partial charge in [-0.3, -0.25) is 4.79 Å². The Hall–Kier alpha value is -1.35. The average molecular weight is 232 g/mol. The number of hydrogen-bond acceptors (Lipinski definition) is 2. The minimum Gasteiger partial charge on any atom is -0.341 e. The molecule has 0 aliphatic carbocycles. The highest BCUT2D eigenvalue weighted by Gasteiger charge is 2.23. The standard InChI is InChI=1S/C14H20N2O/c1-11-5-3-6-12(9-11)13(15-2)10-16-8-4-7-14(16)17/h3,5-6,9,13,15H,4,7-8,10H2,1-2H3. The van der Waals surface area contributed by atoms with Crippen LogP contribution in [-0.4, -0.2) is 30.9 Å². The molecule has 1 aromatic rings. The van der Waals surface area contributed by atoms with E-state index in [1.165, 1.54) is 11.1 Å². The number of likely N-dealkylation sites (N-methyl/N-ethyl adjacent to an activating group) is 1. The Bertz CT molecular complexity index is 403. The Kier molecular flexibility index (Phi) is 3.79. The van der Waals surface area contributed by atoms with E-state index in [1.807, 2.05) is 11.9 Å². The van der Waals surface area contributed by atoms with E-state index in [1.54, 1.807) is 0 Å². The molecule has 0 spiro atoms. The molecule has 2 rings (SSSR count). The van der Waals surface area contributed by atoms with Crippen molar-refractivity contribution in [2.75, 3.05) is 20.1 Å². The molecule has 1 aliphatic heterocycles. The first-order valence-corrected chi connectivity index (χ1v) is 6.22. The average Bonchev–Trinajstić information content (AvgIpc) is 2.71. The molecule has 0 aromatic heterocycles. The molecule has 92 valence electrons. The summed E-state index contributed by atoms with van der Waals surface area (Å²) in [6.45, 7) is 3.78. The van der Waals surface area contributed by atoms with E-state index in [2.05, 4.69) is 36.5 Å². The van der Waals surface area contributed by atoms with E-state index in [4.69, 9.17) is 0 Å². The van der Waals surface area contributed by atoms with E-state index < -0.39 is 0 Å². The van der Waals surface area contributed by atoms with Gasteiger partial charge in [0.1, 0.15) is 0 Å². The maximum Gasteiger partial charge on any atom is 0.222 e. The van der Waals surface area contributed by atoms with Crippen molar-refractivity contribution >= 4 is 5.91 Å². The lowest BCUT2D eigenvalue weighted by Crippen LogP contribution is -2.34. The van der Waals surface area contributed by atoms with Crippen molar-refractivity contribution in [3.8, 4) is 0 Å². The Labute approximate surface area is 103 Å². The third kappa shape index (κ3) is 2.86. The first kappa shape index (κ1) is 12.1. The third-order valence-corrected chi connectivity index (χ3v) is 3.37. The molecule has 1 amide bonds. The Morgan fingerprint density at radius 2 is 2.29 bits per heavy atom. The highest BCUT2D eigenvalue weighted by Crippen LogP contribution is 2.18. The van der Waals surface area contributed by atoms with Crippen LogP contribution in [-0.2, 0) is 4.79 Å². The molecule has 1 heterocycles. The van der Waals surface area contributed by atoms with Gasteiger partial charge in [-0.2, -0.15) is 0 Å². The van der Waals surface area contributed by atoms with Crippen LogP contribution in [0.25, 0.3) is 0 Å². The highest BCUT2D eigenvalue weighted by atomic mass is 16.2. The number of nitrogens with one attached hydrogen (secondary N) is 1. The van der Waals surface area contributed by atoms with Crippen molar-refractivity contribution in [2.45, 2.75) is 25.8 Å². The fourth-order valence-corrected chi connectivity index (χ4v) is 2.37. The van der Waals surface area contributed by atoms with E-state index in [0.29, 0.717) is 6.42 Å². The summed E-state index contributed by atoms with van der Waals surface area (Å²) in [5, 5.41) is 3.30. The molecule has 3 nitrogen and oxygen atoms in total. The van der Waals surface area contributed by atoms with Gasteiger partial charge in [0, 0.05) is 25.6 Å². The SMILES string of the molecule is CNC(CN1CCCC1=O)c1cccc(C)c1. The number of amides is 1. The molecule has 1 atom stereocenters. The summed E-state index contributed by atoms with van der Waals surface area (Å²) >= 11 is 0. The Morgan fingerprint density at radius 3 is 2.88 bits per heavy atom. The zero-order valence-electron chi connectivity index (χ0n) is 10.6. The molecule has 1 aliphatic rings. The zero-order valence-corrected chi connectivity index (χ0v) is 10.6. The molecule has 0 radical (unpaired) electrons. The summed E-state index contributed by atoms with van der Waals surface area (Å²) in [7, 11) is 1.95. The topological polar surface area (TPSA) is 32.3 Å². The predicted octanol–water partition coefficient (Wildman–Crippen LogP) is 1.88. The Morgan fingerprint density at radius 1 is 1.47 bits per heavy atom. The van der Waals surface area contributed by atoms with Gasteiger partial charge >= 0.3 is 0 Å². The second-order valence-corrected chi connectivity index (χ2v) is 4.70. The molecular weight excluding hydrogens is 212 g/mol. The van der Waals surface area contributed by atoms with Crippen LogP contribution < -0.4 is 5.32 Å². The van der Waals surface area contributed by atoms with Crippen LogP contribution in [0.5, 0.6) is 0 Å². The monoisotopic (exact) mass is 232 g/mol. The van der Waals surface area contributed by atoms with Gasteiger partial charge in [-0.25, -0.2) is 0 Å². The first-order chi connectivity index (χ1) is 8.20. The van der Waals surface area contributed by atoms with Crippen LogP contribution in [0.3, 0.4) is 0 Å². The van der Waals surface area contributed by atoms with E-state index >= 15 is 0 Å². The largest absolute Gasteiger partial charge is 0.341 e. The normalized spacial score (nSPS) is 17.5. The van der Waals surface area contributed by atoms with Crippen molar-refractivity contribution in [1.82, 2.24) is 10.2 Å². The molecular formula is C14H20N2O. The zero-order chi connectivity index (χ0) is 12.3. The van der Waals surface area contributed by atoms with E-state index in [9.17, 15) is 4.79 Å². The number of aryl methyl sites for hydroxylation is 1. The number of hydrogen-bond donors (Lipinski definition) is 1. The molecule has 3 heteroatoms. The number of nitrogens with zero attached hydrogens (tertiary/aromatic N) is 1. The van der Waals surface area contributed by atoms with Crippen LogP contribution in [0.15, 0.2) is 24.3 Å². The number of carbonyl (C=O) groups excluding carboxylic acids is 1. The summed E-state index contributed by atoms with van der Waals surface area (Å²) in [6, 6.07) is 8.70. The molecule has 1 N–H and O–H groups in total. The molecule has 0 saturated carbocycles. The Balaban J connectivity index is 2.08. The lowest BCUT2D eigenvalue weighted by molar-refractivity contribution is -0.128. The summed E-state index contributed by atoms with van der Waals surface area (Å²) in [6.07, 6.45) is 1.72. The minimum atomic E-state index is 0.233. The second kappa shape index (κ2) is 5.32. The first-order valence-electron chi connectivity index (χ1n) is 6.22. The second-order valence-electron chi connectivity index (χ2n) is 4.70. The summed E-state index contributed by atoms with van der Waals surface area (Å²) in [5.74, 6) is 0.290. The molecule has 1 unspecified atom stereocenters. The fourth-order valence-electron chi connectivity index (χ4n) is 2.37.